The van der Waals surface area contributed by atoms with E-state index in [0.717, 1.165) is 32.2 Å². The number of anilines is 1. The van der Waals surface area contributed by atoms with Crippen LogP contribution in [0.15, 0.2) is 6.07 Å². The molecule has 0 aliphatic carbocycles. The number of aromatic nitrogens is 2. The van der Waals surface area contributed by atoms with Gasteiger partial charge >= 0.3 is 12.1 Å². The van der Waals surface area contributed by atoms with Crippen LogP contribution in [0, 0.1) is 0 Å². The Bertz CT molecular complexity index is 802. The molecule has 1 amide bonds. The number of alkyl halides is 1. The van der Waals surface area contributed by atoms with Crippen LogP contribution in [0.2, 0.25) is 5.15 Å². The van der Waals surface area contributed by atoms with Crippen molar-refractivity contribution in [3.63, 3.8) is 0 Å². The van der Waals surface area contributed by atoms with Gasteiger partial charge in [-0.25, -0.2) is 9.18 Å². The van der Waals surface area contributed by atoms with E-state index in [1.54, 1.807) is 11.0 Å². The predicted molar refractivity (Wildman–Crippen MR) is 104 cm³/mol. The molecule has 5 heterocycles. The molecule has 0 saturated carbocycles. The number of halogens is 2. The second kappa shape index (κ2) is 7.12. The van der Waals surface area contributed by atoms with Gasteiger partial charge in [-0.15, -0.1) is 0 Å². The highest BCUT2D eigenvalue weighted by Gasteiger charge is 2.49. The van der Waals surface area contributed by atoms with Crippen molar-refractivity contribution in [2.45, 2.75) is 55.9 Å². The Morgan fingerprint density at radius 1 is 1.31 bits per heavy atom. The average molecular weight is 426 g/mol. The van der Waals surface area contributed by atoms with Gasteiger partial charge in [0.25, 0.3) is 0 Å². The fourth-order valence-electron chi connectivity index (χ4n) is 5.66. The minimum absolute atomic E-state index is 0.0322. The van der Waals surface area contributed by atoms with Gasteiger partial charge in [0.15, 0.2) is 0 Å². The van der Waals surface area contributed by atoms with Crippen LogP contribution in [0.4, 0.5) is 15.0 Å². The number of hydrogen-bond acceptors (Lipinski definition) is 6. The molecule has 4 fully saturated rings. The number of amides is 1. The third-order valence-electron chi connectivity index (χ3n) is 6.92. The average Bonchev–Trinajstić information content (AvgIpc) is 3.27. The topological polar surface area (TPSA) is 82.0 Å². The predicted octanol–water partition coefficient (Wildman–Crippen LogP) is 2.42. The quantitative estimate of drug-likeness (QED) is 0.742. The van der Waals surface area contributed by atoms with Crippen molar-refractivity contribution >= 4 is 23.5 Å². The number of rotatable bonds is 4. The Morgan fingerprint density at radius 2 is 2.07 bits per heavy atom. The van der Waals surface area contributed by atoms with Gasteiger partial charge in [-0.1, -0.05) is 11.6 Å². The van der Waals surface area contributed by atoms with Gasteiger partial charge in [0.1, 0.15) is 23.7 Å². The van der Waals surface area contributed by atoms with Crippen molar-refractivity contribution in [3.8, 4) is 6.01 Å². The molecule has 4 saturated heterocycles. The monoisotopic (exact) mass is 425 g/mol. The summed E-state index contributed by atoms with van der Waals surface area (Å²) in [6.45, 7) is 2.89. The van der Waals surface area contributed by atoms with Gasteiger partial charge in [-0.2, -0.15) is 9.97 Å². The van der Waals surface area contributed by atoms with E-state index in [2.05, 4.69) is 19.8 Å². The van der Waals surface area contributed by atoms with Crippen LogP contribution < -0.4 is 9.64 Å². The van der Waals surface area contributed by atoms with Gasteiger partial charge in [0.05, 0.1) is 17.6 Å². The van der Waals surface area contributed by atoms with Gasteiger partial charge in [0.2, 0.25) is 0 Å². The van der Waals surface area contributed by atoms with Gasteiger partial charge in [-0.05, 0) is 32.2 Å². The summed E-state index contributed by atoms with van der Waals surface area (Å²) >= 11 is 6.23. The van der Waals surface area contributed by atoms with Crippen LogP contribution in [0.1, 0.15) is 32.1 Å². The Morgan fingerprint density at radius 3 is 2.79 bits per heavy atom. The molecule has 1 aromatic rings. The van der Waals surface area contributed by atoms with E-state index in [0.29, 0.717) is 38.5 Å². The molecular formula is C19H25ClFN5O3. The van der Waals surface area contributed by atoms with Crippen LogP contribution in [0.3, 0.4) is 0 Å². The standard InChI is InChI=1S/C19H25ClFN5O3/c20-15-6-16(24-9-13-2-3-14(10-24)26(13)18(27)28)23-17(22-15)29-11-19-4-1-5-25(19)8-12(21)7-19/h6,12-14H,1-5,7-11H2,(H,27,28)/t12-,13-,14+,19+/m1/s1. The Labute approximate surface area is 173 Å². The van der Waals surface area contributed by atoms with Gasteiger partial charge < -0.3 is 14.7 Å². The molecule has 1 aromatic heterocycles. The third kappa shape index (κ3) is 3.38. The highest BCUT2D eigenvalue weighted by atomic mass is 35.5. The Hall–Kier alpha value is -1.87. The summed E-state index contributed by atoms with van der Waals surface area (Å²) in [4.78, 5) is 26.1. The lowest BCUT2D eigenvalue weighted by Crippen LogP contribution is -2.55. The maximum Gasteiger partial charge on any atom is 0.407 e. The second-order valence-corrected chi connectivity index (χ2v) is 9.06. The van der Waals surface area contributed by atoms with Crippen molar-refractivity contribution in [1.29, 1.82) is 0 Å². The molecule has 2 bridgehead atoms. The Balaban J connectivity index is 1.31. The third-order valence-corrected chi connectivity index (χ3v) is 7.11. The molecule has 158 valence electrons. The molecule has 0 spiro atoms. The fourth-order valence-corrected chi connectivity index (χ4v) is 5.83. The first-order valence-corrected chi connectivity index (χ1v) is 10.6. The number of hydrogen-bond donors (Lipinski definition) is 1. The number of ether oxygens (including phenoxy) is 1. The molecule has 29 heavy (non-hydrogen) atoms. The molecule has 4 atom stereocenters. The van der Waals surface area contributed by atoms with Gasteiger partial charge in [0, 0.05) is 32.1 Å². The summed E-state index contributed by atoms with van der Waals surface area (Å²) in [5, 5.41) is 9.73. The summed E-state index contributed by atoms with van der Waals surface area (Å²) in [5.41, 5.74) is -0.266. The molecule has 8 nitrogen and oxygen atoms in total. The number of piperazine rings is 1. The van der Waals surface area contributed by atoms with E-state index in [4.69, 9.17) is 16.3 Å². The van der Waals surface area contributed by atoms with E-state index in [1.165, 1.54) is 0 Å². The number of nitrogens with zero attached hydrogens (tertiary/aromatic N) is 5. The Kier molecular flexibility index (Phi) is 4.70. The van der Waals surface area contributed by atoms with Crippen molar-refractivity contribution in [3.05, 3.63) is 11.2 Å². The highest BCUT2D eigenvalue weighted by Crippen LogP contribution is 2.40. The largest absolute Gasteiger partial charge is 0.465 e. The lowest BCUT2D eigenvalue weighted by molar-refractivity contribution is 0.107. The lowest BCUT2D eigenvalue weighted by atomic mass is 9.95. The molecule has 10 heteroatoms. The highest BCUT2D eigenvalue weighted by molar-refractivity contribution is 6.29. The lowest BCUT2D eigenvalue weighted by Gasteiger charge is -2.40. The fraction of sp³-hybridized carbons (Fsp3) is 0.737. The zero-order chi connectivity index (χ0) is 20.2. The molecule has 4 aliphatic heterocycles. The molecule has 4 aliphatic rings. The smallest absolute Gasteiger partial charge is 0.407 e. The molecule has 1 N–H and O–H groups in total. The molecular weight excluding hydrogens is 401 g/mol. The summed E-state index contributed by atoms with van der Waals surface area (Å²) < 4.78 is 19.9. The van der Waals surface area contributed by atoms with Gasteiger partial charge in [-0.3, -0.25) is 9.80 Å². The number of carbonyl (C=O) groups is 1. The van der Waals surface area contributed by atoms with Crippen molar-refractivity contribution in [2.75, 3.05) is 37.7 Å². The normalized spacial score (nSPS) is 33.9. The SMILES string of the molecule is O=C(O)N1[C@@H]2CC[C@H]1CN(c1cc(Cl)nc(OC[C@@]34CCCN3C[C@H](F)C4)n1)C2. The summed E-state index contributed by atoms with van der Waals surface area (Å²) in [5.74, 6) is 0.650. The second-order valence-electron chi connectivity index (χ2n) is 8.68. The first-order valence-electron chi connectivity index (χ1n) is 10.3. The first kappa shape index (κ1) is 19.1. The number of fused-ring (bicyclic) bond motifs is 3. The van der Waals surface area contributed by atoms with Crippen LogP contribution in [0.25, 0.3) is 0 Å². The minimum atomic E-state index is -0.856. The van der Waals surface area contributed by atoms with Crippen LogP contribution in [-0.2, 0) is 0 Å². The van der Waals surface area contributed by atoms with Crippen molar-refractivity contribution in [2.24, 2.45) is 0 Å². The van der Waals surface area contributed by atoms with E-state index in [1.807, 2.05) is 0 Å². The summed E-state index contributed by atoms with van der Waals surface area (Å²) in [7, 11) is 0. The van der Waals surface area contributed by atoms with E-state index in [-0.39, 0.29) is 28.8 Å². The number of carboxylic acid groups (broad SMARTS) is 1. The van der Waals surface area contributed by atoms with Crippen molar-refractivity contribution < 1.29 is 19.0 Å². The first-order chi connectivity index (χ1) is 13.9. The zero-order valence-electron chi connectivity index (χ0n) is 16.1. The van der Waals surface area contributed by atoms with E-state index < -0.39 is 12.3 Å². The zero-order valence-corrected chi connectivity index (χ0v) is 16.9. The minimum Gasteiger partial charge on any atom is -0.465 e. The maximum absolute atomic E-state index is 14.0. The van der Waals surface area contributed by atoms with E-state index in [9.17, 15) is 14.3 Å². The molecule has 0 radical (unpaired) electrons. The van der Waals surface area contributed by atoms with Crippen LogP contribution in [-0.4, -0.2) is 87.5 Å². The molecule has 5 rings (SSSR count). The summed E-state index contributed by atoms with van der Waals surface area (Å²) in [6, 6.07) is 1.83. The van der Waals surface area contributed by atoms with E-state index >= 15 is 0 Å². The molecule has 0 aromatic carbocycles. The van der Waals surface area contributed by atoms with Crippen LogP contribution in [0.5, 0.6) is 6.01 Å². The van der Waals surface area contributed by atoms with Crippen LogP contribution >= 0.6 is 11.6 Å². The maximum atomic E-state index is 14.0. The molecule has 0 unspecified atom stereocenters. The summed E-state index contributed by atoms with van der Waals surface area (Å²) in [6.07, 6.45) is 2.51. The van der Waals surface area contributed by atoms with Crippen molar-refractivity contribution in [1.82, 2.24) is 19.8 Å².